The largest absolute Gasteiger partial charge is 0.480 e. The molecule has 0 radical (unpaired) electrons. The third-order valence-corrected chi connectivity index (χ3v) is 2.76. The fraction of sp³-hybridized carbons (Fsp3) is 0.308. The van der Waals surface area contributed by atoms with Gasteiger partial charge < -0.3 is 15.0 Å². The van der Waals surface area contributed by atoms with Gasteiger partial charge in [-0.05, 0) is 24.6 Å². The molecule has 0 fully saturated rings. The molecule has 0 aliphatic heterocycles. The van der Waals surface area contributed by atoms with Crippen LogP contribution in [0.4, 0.5) is 4.39 Å². The monoisotopic (exact) mass is 249 g/mol. The Morgan fingerprint density at radius 3 is 2.83 bits per heavy atom. The SMILES string of the molecule is CC(Oc1ccc(CN)cc1F)c1nccn1C. The number of benzene rings is 1. The van der Waals surface area contributed by atoms with E-state index in [0.29, 0.717) is 6.54 Å². The smallest absolute Gasteiger partial charge is 0.165 e. The second-order valence-corrected chi connectivity index (χ2v) is 4.13. The van der Waals surface area contributed by atoms with Crippen molar-refractivity contribution in [2.45, 2.75) is 19.6 Å². The first-order valence-electron chi connectivity index (χ1n) is 5.74. The topological polar surface area (TPSA) is 53.1 Å². The van der Waals surface area contributed by atoms with Gasteiger partial charge in [-0.15, -0.1) is 0 Å². The Hall–Kier alpha value is -1.88. The molecular formula is C13H16FN3O. The van der Waals surface area contributed by atoms with Crippen molar-refractivity contribution in [3.8, 4) is 5.75 Å². The third kappa shape index (κ3) is 2.51. The summed E-state index contributed by atoms with van der Waals surface area (Å²) >= 11 is 0. The minimum atomic E-state index is -0.404. The first-order chi connectivity index (χ1) is 8.61. The number of aryl methyl sites for hydroxylation is 1. The minimum Gasteiger partial charge on any atom is -0.480 e. The number of nitrogens with zero attached hydrogens (tertiary/aromatic N) is 2. The number of hydrogen-bond donors (Lipinski definition) is 1. The fourth-order valence-corrected chi connectivity index (χ4v) is 1.78. The molecule has 0 aliphatic carbocycles. The van der Waals surface area contributed by atoms with Crippen LogP contribution in [0.25, 0.3) is 0 Å². The van der Waals surface area contributed by atoms with E-state index < -0.39 is 5.82 Å². The number of halogens is 1. The zero-order chi connectivity index (χ0) is 13.1. The third-order valence-electron chi connectivity index (χ3n) is 2.76. The minimum absolute atomic E-state index is 0.211. The van der Waals surface area contributed by atoms with Crippen molar-refractivity contribution in [2.24, 2.45) is 12.8 Å². The second kappa shape index (κ2) is 5.18. The van der Waals surface area contributed by atoms with Gasteiger partial charge in [-0.2, -0.15) is 0 Å². The number of ether oxygens (including phenoxy) is 1. The summed E-state index contributed by atoms with van der Waals surface area (Å²) in [6.07, 6.45) is 3.19. The number of imidazole rings is 1. The zero-order valence-corrected chi connectivity index (χ0v) is 10.4. The van der Waals surface area contributed by atoms with Crippen molar-refractivity contribution in [1.29, 1.82) is 0 Å². The summed E-state index contributed by atoms with van der Waals surface area (Å²) in [5, 5.41) is 0. The van der Waals surface area contributed by atoms with Gasteiger partial charge in [-0.3, -0.25) is 0 Å². The van der Waals surface area contributed by atoms with Crippen LogP contribution in [0.5, 0.6) is 5.75 Å². The van der Waals surface area contributed by atoms with E-state index in [9.17, 15) is 4.39 Å². The van der Waals surface area contributed by atoms with Gasteiger partial charge in [0.1, 0.15) is 5.82 Å². The van der Waals surface area contributed by atoms with Crippen molar-refractivity contribution in [1.82, 2.24) is 9.55 Å². The Labute approximate surface area is 105 Å². The van der Waals surface area contributed by atoms with E-state index in [1.54, 1.807) is 18.3 Å². The number of aromatic nitrogens is 2. The summed E-state index contributed by atoms with van der Waals surface area (Å²) in [5.41, 5.74) is 6.19. The highest BCUT2D eigenvalue weighted by molar-refractivity contribution is 5.29. The van der Waals surface area contributed by atoms with Crippen molar-refractivity contribution >= 4 is 0 Å². The van der Waals surface area contributed by atoms with Gasteiger partial charge in [0.25, 0.3) is 0 Å². The van der Waals surface area contributed by atoms with Gasteiger partial charge >= 0.3 is 0 Å². The molecule has 1 aromatic carbocycles. The van der Waals surface area contributed by atoms with Crippen molar-refractivity contribution in [3.63, 3.8) is 0 Å². The van der Waals surface area contributed by atoms with Crippen LogP contribution < -0.4 is 10.5 Å². The molecule has 1 aromatic heterocycles. The summed E-state index contributed by atoms with van der Waals surface area (Å²) in [7, 11) is 1.87. The van der Waals surface area contributed by atoms with Crippen molar-refractivity contribution in [3.05, 3.63) is 47.8 Å². The summed E-state index contributed by atoms with van der Waals surface area (Å²) < 4.78 is 21.1. The van der Waals surface area contributed by atoms with E-state index in [1.807, 2.05) is 24.7 Å². The predicted molar refractivity (Wildman–Crippen MR) is 66.5 cm³/mol. The Morgan fingerprint density at radius 1 is 1.50 bits per heavy atom. The average Bonchev–Trinajstić information content (AvgIpc) is 2.78. The molecule has 96 valence electrons. The average molecular weight is 249 g/mol. The molecule has 1 atom stereocenters. The van der Waals surface area contributed by atoms with Crippen LogP contribution in [0, 0.1) is 5.82 Å². The van der Waals surface area contributed by atoms with E-state index in [4.69, 9.17) is 10.5 Å². The second-order valence-electron chi connectivity index (χ2n) is 4.13. The molecule has 2 aromatic rings. The highest BCUT2D eigenvalue weighted by atomic mass is 19.1. The van der Waals surface area contributed by atoms with Gasteiger partial charge in [0, 0.05) is 26.0 Å². The Morgan fingerprint density at radius 2 is 2.28 bits per heavy atom. The molecule has 0 saturated carbocycles. The fourth-order valence-electron chi connectivity index (χ4n) is 1.78. The van der Waals surface area contributed by atoms with Crippen molar-refractivity contribution in [2.75, 3.05) is 0 Å². The van der Waals surface area contributed by atoms with Gasteiger partial charge in [0.05, 0.1) is 0 Å². The summed E-state index contributed by atoms with van der Waals surface area (Å²) in [6, 6.07) is 4.74. The highest BCUT2D eigenvalue weighted by Crippen LogP contribution is 2.24. The first-order valence-corrected chi connectivity index (χ1v) is 5.74. The molecule has 4 nitrogen and oxygen atoms in total. The van der Waals surface area contributed by atoms with Crippen LogP contribution in [0.3, 0.4) is 0 Å². The molecule has 5 heteroatoms. The Kier molecular flexibility index (Phi) is 3.62. The maximum Gasteiger partial charge on any atom is 0.165 e. The molecular weight excluding hydrogens is 233 g/mol. The number of hydrogen-bond acceptors (Lipinski definition) is 3. The maximum absolute atomic E-state index is 13.7. The molecule has 0 spiro atoms. The van der Waals surface area contributed by atoms with Gasteiger partial charge in [0.2, 0.25) is 0 Å². The van der Waals surface area contributed by atoms with Crippen LogP contribution in [-0.4, -0.2) is 9.55 Å². The van der Waals surface area contributed by atoms with E-state index in [-0.39, 0.29) is 11.9 Å². The lowest BCUT2D eigenvalue weighted by Gasteiger charge is -2.15. The molecule has 2 N–H and O–H groups in total. The lowest BCUT2D eigenvalue weighted by atomic mass is 10.2. The van der Waals surface area contributed by atoms with E-state index in [0.717, 1.165) is 11.4 Å². The predicted octanol–water partition coefficient (Wildman–Crippen LogP) is 2.16. The van der Waals surface area contributed by atoms with Crippen molar-refractivity contribution < 1.29 is 9.13 Å². The summed E-state index contributed by atoms with van der Waals surface area (Å²) in [4.78, 5) is 4.17. The van der Waals surface area contributed by atoms with Crippen LogP contribution in [0.2, 0.25) is 0 Å². The highest BCUT2D eigenvalue weighted by Gasteiger charge is 2.14. The number of nitrogens with two attached hydrogens (primary N) is 1. The Balaban J connectivity index is 2.17. The standard InChI is InChI=1S/C13H16FN3O/c1-9(13-16-5-6-17(13)2)18-12-4-3-10(8-15)7-11(12)14/h3-7,9H,8,15H2,1-2H3. The summed E-state index contributed by atoms with van der Waals surface area (Å²) in [6.45, 7) is 2.14. The van der Waals surface area contributed by atoms with E-state index in [2.05, 4.69) is 4.98 Å². The zero-order valence-electron chi connectivity index (χ0n) is 10.4. The molecule has 2 rings (SSSR count). The van der Waals surface area contributed by atoms with Crippen LogP contribution >= 0.6 is 0 Å². The van der Waals surface area contributed by atoms with Crippen LogP contribution in [0.1, 0.15) is 24.4 Å². The number of rotatable bonds is 4. The van der Waals surface area contributed by atoms with Gasteiger partial charge in [-0.25, -0.2) is 9.37 Å². The molecule has 0 aliphatic rings. The normalized spacial score (nSPS) is 12.4. The lowest BCUT2D eigenvalue weighted by Crippen LogP contribution is -2.10. The molecule has 0 bridgehead atoms. The van der Waals surface area contributed by atoms with Gasteiger partial charge in [0.15, 0.2) is 17.7 Å². The Bertz CT molecular complexity index is 539. The maximum atomic E-state index is 13.7. The molecule has 1 unspecified atom stereocenters. The van der Waals surface area contributed by atoms with E-state index in [1.165, 1.54) is 6.07 Å². The van der Waals surface area contributed by atoms with Crippen LogP contribution in [-0.2, 0) is 13.6 Å². The van der Waals surface area contributed by atoms with E-state index >= 15 is 0 Å². The quantitative estimate of drug-likeness (QED) is 0.903. The van der Waals surface area contributed by atoms with Crippen LogP contribution in [0.15, 0.2) is 30.6 Å². The lowest BCUT2D eigenvalue weighted by molar-refractivity contribution is 0.203. The molecule has 0 amide bonds. The molecule has 1 heterocycles. The molecule has 18 heavy (non-hydrogen) atoms. The first kappa shape index (κ1) is 12.6. The summed E-state index contributed by atoms with van der Waals surface area (Å²) in [5.74, 6) is 0.555. The molecule has 0 saturated heterocycles. The van der Waals surface area contributed by atoms with Gasteiger partial charge in [-0.1, -0.05) is 6.07 Å².